The number of ether oxygens (including phenoxy) is 2. The third-order valence-corrected chi connectivity index (χ3v) is 15.3. The van der Waals surface area contributed by atoms with Gasteiger partial charge in [0.05, 0.1) is 11.8 Å². The number of alkyl halides is 7. The Morgan fingerprint density at radius 1 is 0.446 bits per heavy atom. The van der Waals surface area contributed by atoms with Gasteiger partial charge in [0.15, 0.2) is 33.5 Å². The molecule has 0 spiro atoms. The zero-order chi connectivity index (χ0) is 60.8. The quantitative estimate of drug-likeness (QED) is 0.0268. The van der Waals surface area contributed by atoms with Gasteiger partial charge in [0.2, 0.25) is 0 Å². The smallest absolute Gasteiger partial charge is 0.743 e. The van der Waals surface area contributed by atoms with E-state index in [1.165, 1.54) is 44.5 Å². The van der Waals surface area contributed by atoms with E-state index in [4.69, 9.17) is 17.5 Å². The van der Waals surface area contributed by atoms with Crippen molar-refractivity contribution >= 4 is 42.3 Å². The van der Waals surface area contributed by atoms with Crippen LogP contribution in [0.2, 0.25) is 0 Å². The Morgan fingerprint density at radius 3 is 0.916 bits per heavy atom. The van der Waals surface area contributed by atoms with Crippen LogP contribution in [0.3, 0.4) is 0 Å². The first-order valence-electron chi connectivity index (χ1n) is 25.8. The minimum atomic E-state index is -6.09. The molecule has 8 rings (SSSR count). The summed E-state index contributed by atoms with van der Waals surface area (Å²) in [6.07, 6.45) is 7.49. The number of rotatable bonds is 14. The topological polar surface area (TPSA) is 221 Å². The Labute approximate surface area is 502 Å². The molecule has 2 saturated carbocycles. The van der Waals surface area contributed by atoms with Crippen LogP contribution in [0.5, 0.6) is 0 Å². The largest absolute Gasteiger partial charge is 1.00 e. The molecule has 24 heteroatoms. The molecule has 2 aliphatic carbocycles. The maximum absolute atomic E-state index is 12.7. The first-order chi connectivity index (χ1) is 38.4. The molecule has 6 aromatic carbocycles. The van der Waals surface area contributed by atoms with E-state index in [1.807, 2.05) is 0 Å². The van der Waals surface area contributed by atoms with Crippen molar-refractivity contribution in [3.05, 3.63) is 214 Å². The summed E-state index contributed by atoms with van der Waals surface area (Å²) in [4.78, 5) is 22.7. The second-order valence-corrected chi connectivity index (χ2v) is 23.7. The van der Waals surface area contributed by atoms with E-state index in [0.29, 0.717) is 37.5 Å². The van der Waals surface area contributed by atoms with Crippen molar-refractivity contribution in [1.29, 1.82) is 0 Å². The summed E-state index contributed by atoms with van der Waals surface area (Å²) >= 11 is 0. The van der Waals surface area contributed by atoms with Crippen LogP contribution in [-0.4, -0.2) is 80.1 Å². The van der Waals surface area contributed by atoms with Crippen LogP contribution in [0, 0.1) is 25.7 Å². The second-order valence-electron chi connectivity index (χ2n) is 19.3. The van der Waals surface area contributed by atoms with Gasteiger partial charge in [-0.2, -0.15) is 39.2 Å². The summed E-state index contributed by atoms with van der Waals surface area (Å²) in [5, 5.41) is -9.01. The van der Waals surface area contributed by atoms with Crippen molar-refractivity contribution in [2.45, 2.75) is 106 Å². The molecular weight excluding hydrogens is 1170 g/mol. The SMILES string of the molecule is Cc1ccc(C(c2ccccc2)c2ccccc2)cc1.Cc1ccc(C(c2ccccc2)c2ccccc2)cc1.O=C(OCC(F)(F)S(=O)(=O)O)C1CCCCC1.O=C(OCC(F)(F)S(=O)(=O)[O-])C1CCCCC1.O=S(=O)([O-])C(F)(F)F.[Na+]. The Kier molecular flexibility index (Phi) is 28.8. The molecule has 2 aliphatic rings. The van der Waals surface area contributed by atoms with Crippen molar-refractivity contribution in [1.82, 2.24) is 0 Å². The molecule has 1 N–H and O–H groups in total. The van der Waals surface area contributed by atoms with Gasteiger partial charge >= 0.3 is 67.6 Å². The molecule has 0 heterocycles. The Morgan fingerprint density at radius 2 is 0.687 bits per heavy atom. The van der Waals surface area contributed by atoms with Crippen LogP contribution < -0.4 is 29.6 Å². The van der Waals surface area contributed by atoms with Gasteiger partial charge in [-0.3, -0.25) is 14.1 Å². The van der Waals surface area contributed by atoms with Crippen LogP contribution in [0.25, 0.3) is 0 Å². The van der Waals surface area contributed by atoms with Gasteiger partial charge in [0.25, 0.3) is 0 Å². The normalized spacial score (nSPS) is 14.3. The fourth-order valence-electron chi connectivity index (χ4n) is 8.62. The van der Waals surface area contributed by atoms with E-state index in [9.17, 15) is 61.7 Å². The zero-order valence-electron chi connectivity index (χ0n) is 45.7. The summed E-state index contributed by atoms with van der Waals surface area (Å²) in [7, 11) is -17.4. The molecule has 0 aliphatic heterocycles. The molecule has 0 atom stereocenters. The van der Waals surface area contributed by atoms with Crippen LogP contribution >= 0.6 is 0 Å². The summed E-state index contributed by atoms with van der Waals surface area (Å²) < 4.78 is 177. The number of hydrogen-bond acceptors (Lipinski definition) is 12. The number of aryl methyl sites for hydroxylation is 2. The summed E-state index contributed by atoms with van der Waals surface area (Å²) in [6.45, 7) is 0.920. The summed E-state index contributed by atoms with van der Waals surface area (Å²) in [5.74, 6) is -1.98. The Balaban J connectivity index is 0.000000278. The number of esters is 2. The molecule has 0 aromatic heterocycles. The van der Waals surface area contributed by atoms with Crippen LogP contribution in [0.1, 0.15) is 121 Å². The van der Waals surface area contributed by atoms with E-state index in [2.05, 4.69) is 193 Å². The predicted octanol–water partition coefficient (Wildman–Crippen LogP) is 10.2. The van der Waals surface area contributed by atoms with Gasteiger partial charge in [-0.15, -0.1) is 0 Å². The van der Waals surface area contributed by atoms with Crippen LogP contribution in [0.4, 0.5) is 30.7 Å². The maximum Gasteiger partial charge on any atom is 1.00 e. The number of carbonyl (C=O) groups excluding carboxylic acids is 2. The number of benzene rings is 6. The predicted molar refractivity (Wildman–Crippen MR) is 292 cm³/mol. The van der Waals surface area contributed by atoms with E-state index in [1.54, 1.807) is 0 Å². The fraction of sp³-hybridized carbons (Fsp3) is 0.356. The standard InChI is InChI=1S/2C20H18.2C9H14F2O5S.CHF3O3S.Na/c2*1-16-12-14-19(15-13-16)20(17-8-4-2-5-9-17)18-10-6-3-7-11-18;2*10-9(11,17(13,14)15)6-16-8(12)7-4-2-1-3-5-7;2-1(3,4)8(5,6)7;/h2*2-15,20H,1H3;2*7H,1-6H2,(H,13,14,15);(H,5,6,7);/q;;;;;+1/p-2. The molecule has 446 valence electrons. The summed E-state index contributed by atoms with van der Waals surface area (Å²) in [5.41, 5.74) is 4.98. The van der Waals surface area contributed by atoms with Gasteiger partial charge in [-0.1, -0.05) is 220 Å². The van der Waals surface area contributed by atoms with Crippen molar-refractivity contribution in [2.75, 3.05) is 13.2 Å². The Hall–Kier alpha value is -5.50. The monoisotopic (exact) mass is 1230 g/mol. The molecular formula is C59H63F7NaO13S3-. The molecule has 0 amide bonds. The molecule has 6 aromatic rings. The average Bonchev–Trinajstić information content (AvgIpc) is 3.46. The van der Waals surface area contributed by atoms with E-state index >= 15 is 0 Å². The molecule has 0 bridgehead atoms. The molecule has 0 saturated heterocycles. The van der Waals surface area contributed by atoms with Crippen LogP contribution in [-0.2, 0) is 49.4 Å². The fourth-order valence-corrected chi connectivity index (χ4v) is 9.03. The van der Waals surface area contributed by atoms with Crippen LogP contribution in [0.15, 0.2) is 170 Å². The number of halogens is 7. The maximum atomic E-state index is 12.7. The third-order valence-electron chi connectivity index (χ3n) is 13.0. The van der Waals surface area contributed by atoms with Crippen molar-refractivity contribution in [2.24, 2.45) is 11.8 Å². The Bertz CT molecular complexity index is 2950. The molecule has 0 unspecified atom stereocenters. The van der Waals surface area contributed by atoms with E-state index < -0.39 is 83.4 Å². The average molecular weight is 1230 g/mol. The van der Waals surface area contributed by atoms with E-state index in [0.717, 1.165) is 38.5 Å². The minimum absolute atomic E-state index is 0. The van der Waals surface area contributed by atoms with Gasteiger partial charge in [0, 0.05) is 11.8 Å². The van der Waals surface area contributed by atoms with Gasteiger partial charge in [0.1, 0.15) is 0 Å². The number of hydrogen-bond donors (Lipinski definition) is 1. The first-order valence-corrected chi connectivity index (χ1v) is 30.0. The first kappa shape index (κ1) is 71.8. The van der Waals surface area contributed by atoms with Gasteiger partial charge < -0.3 is 18.6 Å². The van der Waals surface area contributed by atoms with Crippen molar-refractivity contribution in [3.8, 4) is 0 Å². The molecule has 0 radical (unpaired) electrons. The molecule has 83 heavy (non-hydrogen) atoms. The van der Waals surface area contributed by atoms with Gasteiger partial charge in [-0.25, -0.2) is 16.8 Å². The van der Waals surface area contributed by atoms with Crippen molar-refractivity contribution < 1.29 is 118 Å². The van der Waals surface area contributed by atoms with E-state index in [-0.39, 0.29) is 29.6 Å². The third kappa shape index (κ3) is 23.8. The number of carbonyl (C=O) groups is 2. The van der Waals surface area contributed by atoms with Crippen molar-refractivity contribution in [3.63, 3.8) is 0 Å². The zero-order valence-corrected chi connectivity index (χ0v) is 50.1. The molecule has 13 nitrogen and oxygen atoms in total. The second kappa shape index (κ2) is 33.3. The molecule has 2 fully saturated rings. The minimum Gasteiger partial charge on any atom is -0.743 e. The summed E-state index contributed by atoms with van der Waals surface area (Å²) in [6, 6.07) is 60.5. The van der Waals surface area contributed by atoms with Gasteiger partial charge in [-0.05, 0) is 72.9 Å².